The number of oxazole rings is 1. The summed E-state index contributed by atoms with van der Waals surface area (Å²) < 4.78 is 16.8. The number of piperidine rings is 1. The molecular weight excluding hydrogens is 478 g/mol. The SMILES string of the molecule is Cc1ccnc(OC2CCN(c3nc(C(=O)Nc4ccncc4C(=O)NC4CCOCC4)co3)CC2)n1. The van der Waals surface area contributed by atoms with E-state index in [1.54, 1.807) is 12.3 Å². The van der Waals surface area contributed by atoms with Crippen molar-refractivity contribution in [1.29, 1.82) is 0 Å². The number of hydrogen-bond donors (Lipinski definition) is 2. The maximum atomic E-state index is 12.9. The molecule has 0 aromatic carbocycles. The van der Waals surface area contributed by atoms with Crippen molar-refractivity contribution in [1.82, 2.24) is 25.3 Å². The zero-order valence-electron chi connectivity index (χ0n) is 20.6. The summed E-state index contributed by atoms with van der Waals surface area (Å²) >= 11 is 0. The van der Waals surface area contributed by atoms with E-state index < -0.39 is 5.91 Å². The van der Waals surface area contributed by atoms with Crippen LogP contribution in [0.3, 0.4) is 0 Å². The van der Waals surface area contributed by atoms with Gasteiger partial charge in [0, 0.05) is 69.5 Å². The molecular formula is C25H29N7O5. The van der Waals surface area contributed by atoms with Gasteiger partial charge in [0.1, 0.15) is 12.4 Å². The highest BCUT2D eigenvalue weighted by Crippen LogP contribution is 2.23. The van der Waals surface area contributed by atoms with Crippen molar-refractivity contribution in [3.8, 4) is 6.01 Å². The Bertz CT molecular complexity index is 1240. The van der Waals surface area contributed by atoms with Gasteiger partial charge in [-0.25, -0.2) is 9.97 Å². The fraction of sp³-hybridized carbons (Fsp3) is 0.440. The summed E-state index contributed by atoms with van der Waals surface area (Å²) in [6.07, 6.45) is 8.92. The van der Waals surface area contributed by atoms with Crippen LogP contribution >= 0.6 is 0 Å². The molecule has 0 aliphatic carbocycles. The second-order valence-electron chi connectivity index (χ2n) is 9.04. The lowest BCUT2D eigenvalue weighted by Gasteiger charge is -2.30. The first-order chi connectivity index (χ1) is 18.0. The predicted octanol–water partition coefficient (Wildman–Crippen LogP) is 2.38. The molecule has 37 heavy (non-hydrogen) atoms. The van der Waals surface area contributed by atoms with Crippen molar-refractivity contribution in [2.24, 2.45) is 0 Å². The number of amides is 2. The van der Waals surface area contributed by atoms with E-state index in [1.165, 1.54) is 18.7 Å². The van der Waals surface area contributed by atoms with E-state index in [2.05, 4.69) is 30.6 Å². The largest absolute Gasteiger partial charge is 0.460 e. The summed E-state index contributed by atoms with van der Waals surface area (Å²) in [7, 11) is 0. The average molecular weight is 508 g/mol. The molecule has 0 spiro atoms. The van der Waals surface area contributed by atoms with Crippen molar-refractivity contribution in [2.45, 2.75) is 44.8 Å². The third kappa shape index (κ3) is 6.20. The van der Waals surface area contributed by atoms with Crippen molar-refractivity contribution in [3.63, 3.8) is 0 Å². The molecule has 12 nitrogen and oxygen atoms in total. The Labute approximate surface area is 213 Å². The summed E-state index contributed by atoms with van der Waals surface area (Å²) in [4.78, 5) is 44.6. The first kappa shape index (κ1) is 24.6. The average Bonchev–Trinajstić information content (AvgIpc) is 3.41. The smallest absolute Gasteiger partial charge is 0.316 e. The van der Waals surface area contributed by atoms with Crippen molar-refractivity contribution in [2.75, 3.05) is 36.5 Å². The van der Waals surface area contributed by atoms with Gasteiger partial charge in [-0.15, -0.1) is 0 Å². The molecule has 2 N–H and O–H groups in total. The molecule has 0 saturated carbocycles. The van der Waals surface area contributed by atoms with Crippen LogP contribution in [-0.2, 0) is 4.74 Å². The Morgan fingerprint density at radius 3 is 2.65 bits per heavy atom. The molecule has 5 heterocycles. The molecule has 2 saturated heterocycles. The topological polar surface area (TPSA) is 145 Å². The zero-order chi connectivity index (χ0) is 25.6. The Hall–Kier alpha value is -4.06. The van der Waals surface area contributed by atoms with Crippen LogP contribution in [0.15, 0.2) is 41.4 Å². The molecule has 0 unspecified atom stereocenters. The van der Waals surface area contributed by atoms with Gasteiger partial charge in [-0.05, 0) is 31.9 Å². The van der Waals surface area contributed by atoms with E-state index in [0.29, 0.717) is 44.0 Å². The first-order valence-corrected chi connectivity index (χ1v) is 12.4. The second-order valence-corrected chi connectivity index (χ2v) is 9.04. The molecule has 2 aliphatic rings. The van der Waals surface area contributed by atoms with Gasteiger partial charge < -0.3 is 29.4 Å². The van der Waals surface area contributed by atoms with Crippen LogP contribution < -0.4 is 20.3 Å². The number of rotatable bonds is 7. The first-order valence-electron chi connectivity index (χ1n) is 12.4. The maximum absolute atomic E-state index is 12.9. The number of aromatic nitrogens is 4. The summed E-state index contributed by atoms with van der Waals surface area (Å²) in [5, 5.41) is 5.75. The van der Waals surface area contributed by atoms with E-state index >= 15 is 0 Å². The normalized spacial score (nSPS) is 16.8. The lowest BCUT2D eigenvalue weighted by molar-refractivity contribution is 0.0696. The number of pyridine rings is 1. The van der Waals surface area contributed by atoms with Gasteiger partial charge in [-0.1, -0.05) is 0 Å². The molecule has 2 aliphatic heterocycles. The predicted molar refractivity (Wildman–Crippen MR) is 133 cm³/mol. The number of carbonyl (C=O) groups excluding carboxylic acids is 2. The molecule has 0 bridgehead atoms. The number of nitrogens with zero attached hydrogens (tertiary/aromatic N) is 5. The minimum atomic E-state index is -0.476. The number of hydrogen-bond acceptors (Lipinski definition) is 10. The Morgan fingerprint density at radius 2 is 1.86 bits per heavy atom. The number of aryl methyl sites for hydroxylation is 1. The molecule has 3 aromatic rings. The summed E-state index contributed by atoms with van der Waals surface area (Å²) in [6.45, 7) is 4.42. The number of nitrogens with one attached hydrogen (secondary N) is 2. The van der Waals surface area contributed by atoms with Crippen LogP contribution in [-0.4, -0.2) is 70.2 Å². The van der Waals surface area contributed by atoms with Gasteiger partial charge >= 0.3 is 6.01 Å². The maximum Gasteiger partial charge on any atom is 0.316 e. The minimum Gasteiger partial charge on any atom is -0.460 e. The van der Waals surface area contributed by atoms with Crippen LogP contribution in [0.2, 0.25) is 0 Å². The Kier molecular flexibility index (Phi) is 7.54. The van der Waals surface area contributed by atoms with Crippen LogP contribution in [0.1, 0.15) is 52.2 Å². The zero-order valence-corrected chi connectivity index (χ0v) is 20.6. The quantitative estimate of drug-likeness (QED) is 0.489. The van der Waals surface area contributed by atoms with Crippen LogP contribution in [0.25, 0.3) is 0 Å². The van der Waals surface area contributed by atoms with Crippen molar-refractivity contribution >= 4 is 23.5 Å². The Morgan fingerprint density at radius 1 is 1.05 bits per heavy atom. The van der Waals surface area contributed by atoms with Crippen LogP contribution in [0.5, 0.6) is 6.01 Å². The van der Waals surface area contributed by atoms with E-state index in [1.807, 2.05) is 17.9 Å². The molecule has 12 heteroatoms. The third-order valence-corrected chi connectivity index (χ3v) is 6.35. The standard InChI is InChI=1S/C25H29N7O5/c1-16-2-9-27-24(28-16)37-18-4-10-32(11-5-18)25-31-21(15-36-25)23(34)30-20-3-8-26-14-19(20)22(33)29-17-6-12-35-13-7-17/h2-3,8-9,14-15,17-18H,4-7,10-13H2,1H3,(H,29,33)(H,26,30,34). The molecule has 0 radical (unpaired) electrons. The van der Waals surface area contributed by atoms with Gasteiger partial charge in [0.25, 0.3) is 17.8 Å². The van der Waals surface area contributed by atoms with E-state index in [0.717, 1.165) is 31.4 Å². The fourth-order valence-corrected chi connectivity index (χ4v) is 4.29. The number of carbonyl (C=O) groups is 2. The van der Waals surface area contributed by atoms with Crippen molar-refractivity contribution < 1.29 is 23.5 Å². The van der Waals surface area contributed by atoms with Gasteiger partial charge in [-0.2, -0.15) is 4.98 Å². The molecule has 3 aromatic heterocycles. The van der Waals surface area contributed by atoms with Gasteiger partial charge in [0.15, 0.2) is 5.69 Å². The monoisotopic (exact) mass is 507 g/mol. The summed E-state index contributed by atoms with van der Waals surface area (Å²) in [5.41, 5.74) is 1.61. The van der Waals surface area contributed by atoms with Crippen molar-refractivity contribution in [3.05, 3.63) is 53.9 Å². The third-order valence-electron chi connectivity index (χ3n) is 6.35. The van der Waals surface area contributed by atoms with E-state index in [9.17, 15) is 9.59 Å². The highest BCUT2D eigenvalue weighted by molar-refractivity contribution is 6.08. The molecule has 5 rings (SSSR count). The van der Waals surface area contributed by atoms with Gasteiger partial charge in [0.05, 0.1) is 11.3 Å². The lowest BCUT2D eigenvalue weighted by Crippen LogP contribution is -2.39. The highest BCUT2D eigenvalue weighted by Gasteiger charge is 2.26. The van der Waals surface area contributed by atoms with Crippen LogP contribution in [0.4, 0.5) is 11.7 Å². The van der Waals surface area contributed by atoms with Crippen LogP contribution in [0, 0.1) is 6.92 Å². The minimum absolute atomic E-state index is 0.00632. The number of ether oxygens (including phenoxy) is 2. The number of anilines is 2. The van der Waals surface area contributed by atoms with Gasteiger partial charge in [-0.3, -0.25) is 14.6 Å². The lowest BCUT2D eigenvalue weighted by atomic mass is 10.1. The van der Waals surface area contributed by atoms with E-state index in [4.69, 9.17) is 13.9 Å². The second kappa shape index (κ2) is 11.3. The molecule has 194 valence electrons. The molecule has 2 fully saturated rings. The molecule has 2 amide bonds. The van der Waals surface area contributed by atoms with Gasteiger partial charge in [0.2, 0.25) is 0 Å². The highest BCUT2D eigenvalue weighted by atomic mass is 16.5. The van der Waals surface area contributed by atoms with E-state index in [-0.39, 0.29) is 29.3 Å². The summed E-state index contributed by atoms with van der Waals surface area (Å²) in [6, 6.07) is 4.18. The summed E-state index contributed by atoms with van der Waals surface area (Å²) in [5.74, 6) is -0.770. The Balaban J connectivity index is 1.17. The molecule has 0 atom stereocenters. The fourth-order valence-electron chi connectivity index (χ4n) is 4.29.